The van der Waals surface area contributed by atoms with Crippen molar-refractivity contribution >= 4 is 17.2 Å². The Hall–Kier alpha value is -1.58. The maximum absolute atomic E-state index is 4.74. The molecule has 1 N–H and O–H groups in total. The van der Waals surface area contributed by atoms with Gasteiger partial charge in [-0.25, -0.2) is 4.98 Å². The second-order valence-electron chi connectivity index (χ2n) is 5.43. The fourth-order valence-electron chi connectivity index (χ4n) is 3.08. The molecular formula is C15H22N4. The van der Waals surface area contributed by atoms with E-state index in [4.69, 9.17) is 4.99 Å². The molecule has 2 aliphatic heterocycles. The minimum atomic E-state index is 0.470. The van der Waals surface area contributed by atoms with E-state index >= 15 is 0 Å². The molecule has 0 amide bonds. The lowest BCUT2D eigenvalue weighted by atomic mass is 10.1. The molecule has 0 fully saturated rings. The van der Waals surface area contributed by atoms with Gasteiger partial charge in [-0.2, -0.15) is 0 Å². The van der Waals surface area contributed by atoms with Crippen molar-refractivity contribution < 1.29 is 0 Å². The summed E-state index contributed by atoms with van der Waals surface area (Å²) in [6.07, 6.45) is 5.37. The third kappa shape index (κ3) is 2.44. The zero-order chi connectivity index (χ0) is 13.2. The standard InChI is InChI=1S/C15H22N4/c1-3-19(10-12-5-4-11(2)18-12)14-7-9-17-15-13(14)6-8-16-15/h7,9,12H,3-6,8,10H2,1-2H3,(H,16,17). The van der Waals surface area contributed by atoms with Gasteiger partial charge < -0.3 is 10.2 Å². The van der Waals surface area contributed by atoms with E-state index < -0.39 is 0 Å². The third-order valence-electron chi connectivity index (χ3n) is 4.09. The van der Waals surface area contributed by atoms with Gasteiger partial charge in [0.05, 0.1) is 6.04 Å². The summed E-state index contributed by atoms with van der Waals surface area (Å²) in [5, 5.41) is 3.35. The number of rotatable bonds is 4. The van der Waals surface area contributed by atoms with Crippen LogP contribution in [0, 0.1) is 0 Å². The molecule has 102 valence electrons. The summed E-state index contributed by atoms with van der Waals surface area (Å²) in [6, 6.07) is 2.62. The number of aromatic nitrogens is 1. The molecule has 0 radical (unpaired) electrons. The van der Waals surface area contributed by atoms with Crippen LogP contribution < -0.4 is 10.2 Å². The molecule has 1 atom stereocenters. The predicted octanol–water partition coefficient (Wildman–Crippen LogP) is 2.50. The van der Waals surface area contributed by atoms with E-state index in [0.29, 0.717) is 6.04 Å². The minimum absolute atomic E-state index is 0.470. The zero-order valence-corrected chi connectivity index (χ0v) is 11.8. The monoisotopic (exact) mass is 258 g/mol. The molecule has 1 aromatic heterocycles. The quantitative estimate of drug-likeness (QED) is 0.902. The Morgan fingerprint density at radius 1 is 1.42 bits per heavy atom. The molecule has 0 spiro atoms. The van der Waals surface area contributed by atoms with Gasteiger partial charge in [-0.05, 0) is 39.2 Å². The first-order chi connectivity index (χ1) is 9.28. The summed E-state index contributed by atoms with van der Waals surface area (Å²) in [7, 11) is 0. The van der Waals surface area contributed by atoms with Crippen molar-refractivity contribution in [3.05, 3.63) is 17.8 Å². The molecule has 0 saturated carbocycles. The largest absolute Gasteiger partial charge is 0.369 e. The third-order valence-corrected chi connectivity index (χ3v) is 4.09. The first kappa shape index (κ1) is 12.5. The SMILES string of the molecule is CCN(CC1CCC(C)=N1)c1ccnc2c1CCN2. The molecular weight excluding hydrogens is 236 g/mol. The van der Waals surface area contributed by atoms with Gasteiger partial charge in [-0.3, -0.25) is 4.99 Å². The van der Waals surface area contributed by atoms with Gasteiger partial charge in [0.2, 0.25) is 0 Å². The van der Waals surface area contributed by atoms with Gasteiger partial charge in [0.15, 0.2) is 0 Å². The van der Waals surface area contributed by atoms with Gasteiger partial charge in [0, 0.05) is 42.8 Å². The molecule has 1 aromatic rings. The van der Waals surface area contributed by atoms with Crippen LogP contribution in [0.3, 0.4) is 0 Å². The van der Waals surface area contributed by atoms with Crippen LogP contribution in [0.25, 0.3) is 0 Å². The lowest BCUT2D eigenvalue weighted by Crippen LogP contribution is -2.31. The smallest absolute Gasteiger partial charge is 0.131 e. The van der Waals surface area contributed by atoms with Crippen molar-refractivity contribution in [3.8, 4) is 0 Å². The van der Waals surface area contributed by atoms with Gasteiger partial charge in [-0.1, -0.05) is 0 Å². The topological polar surface area (TPSA) is 40.5 Å². The fourth-order valence-corrected chi connectivity index (χ4v) is 3.08. The number of pyridine rings is 1. The number of fused-ring (bicyclic) bond motifs is 1. The molecule has 4 nitrogen and oxygen atoms in total. The van der Waals surface area contributed by atoms with E-state index in [1.165, 1.54) is 23.4 Å². The first-order valence-corrected chi connectivity index (χ1v) is 7.28. The maximum Gasteiger partial charge on any atom is 0.131 e. The van der Waals surface area contributed by atoms with Crippen LogP contribution in [0.15, 0.2) is 17.3 Å². The van der Waals surface area contributed by atoms with Gasteiger partial charge >= 0.3 is 0 Å². The van der Waals surface area contributed by atoms with E-state index in [1.807, 2.05) is 6.20 Å². The molecule has 0 aromatic carbocycles. The van der Waals surface area contributed by atoms with Gasteiger partial charge in [0.1, 0.15) is 5.82 Å². The number of likely N-dealkylation sites (N-methyl/N-ethyl adjacent to an activating group) is 1. The highest BCUT2D eigenvalue weighted by molar-refractivity contribution is 5.83. The Morgan fingerprint density at radius 2 is 2.32 bits per heavy atom. The average Bonchev–Trinajstić information content (AvgIpc) is 3.04. The first-order valence-electron chi connectivity index (χ1n) is 7.28. The van der Waals surface area contributed by atoms with E-state index in [-0.39, 0.29) is 0 Å². The highest BCUT2D eigenvalue weighted by Gasteiger charge is 2.22. The molecule has 3 rings (SSSR count). The Kier molecular flexibility index (Phi) is 3.40. The summed E-state index contributed by atoms with van der Waals surface area (Å²) in [5.41, 5.74) is 4.03. The van der Waals surface area contributed by atoms with Crippen LogP contribution in [0.1, 0.15) is 32.3 Å². The van der Waals surface area contributed by atoms with Crippen molar-refractivity contribution in [2.45, 2.75) is 39.2 Å². The summed E-state index contributed by atoms with van der Waals surface area (Å²) in [4.78, 5) is 11.6. The molecule has 1 unspecified atom stereocenters. The van der Waals surface area contributed by atoms with Gasteiger partial charge in [0.25, 0.3) is 0 Å². The van der Waals surface area contributed by atoms with Crippen LogP contribution in [0.4, 0.5) is 11.5 Å². The summed E-state index contributed by atoms with van der Waals surface area (Å²) >= 11 is 0. The van der Waals surface area contributed by atoms with Crippen LogP contribution in [0.5, 0.6) is 0 Å². The summed E-state index contributed by atoms with van der Waals surface area (Å²) in [6.45, 7) is 7.44. The summed E-state index contributed by atoms with van der Waals surface area (Å²) in [5.74, 6) is 1.07. The van der Waals surface area contributed by atoms with E-state index in [9.17, 15) is 0 Å². The molecule has 19 heavy (non-hydrogen) atoms. The maximum atomic E-state index is 4.74. The lowest BCUT2D eigenvalue weighted by Gasteiger charge is -2.27. The number of nitrogens with one attached hydrogen (secondary N) is 1. The predicted molar refractivity (Wildman–Crippen MR) is 80.4 cm³/mol. The van der Waals surface area contributed by atoms with E-state index in [0.717, 1.165) is 38.3 Å². The number of nitrogens with zero attached hydrogens (tertiary/aromatic N) is 3. The van der Waals surface area contributed by atoms with Crippen molar-refractivity contribution in [1.29, 1.82) is 0 Å². The minimum Gasteiger partial charge on any atom is -0.369 e. The van der Waals surface area contributed by atoms with Crippen LogP contribution in [-0.4, -0.2) is 36.4 Å². The fraction of sp³-hybridized carbons (Fsp3) is 0.600. The zero-order valence-electron chi connectivity index (χ0n) is 11.8. The highest BCUT2D eigenvalue weighted by Crippen LogP contribution is 2.30. The number of aliphatic imine (C=N–C) groups is 1. The second-order valence-corrected chi connectivity index (χ2v) is 5.43. The molecule has 4 heteroatoms. The van der Waals surface area contributed by atoms with Gasteiger partial charge in [-0.15, -0.1) is 0 Å². The number of hydrogen-bond acceptors (Lipinski definition) is 4. The summed E-state index contributed by atoms with van der Waals surface area (Å²) < 4.78 is 0. The van der Waals surface area contributed by atoms with E-state index in [1.54, 1.807) is 0 Å². The van der Waals surface area contributed by atoms with Crippen molar-refractivity contribution in [2.75, 3.05) is 29.9 Å². The molecule has 2 aliphatic rings. The molecule has 3 heterocycles. The molecule has 0 saturated heterocycles. The normalized spacial score (nSPS) is 20.9. The second kappa shape index (κ2) is 5.19. The Labute approximate surface area is 114 Å². The Bertz CT molecular complexity index is 495. The number of hydrogen-bond donors (Lipinski definition) is 1. The molecule has 0 bridgehead atoms. The lowest BCUT2D eigenvalue weighted by molar-refractivity contribution is 0.638. The average molecular weight is 258 g/mol. The molecule has 0 aliphatic carbocycles. The van der Waals surface area contributed by atoms with E-state index in [2.05, 4.69) is 35.1 Å². The Morgan fingerprint density at radius 3 is 3.05 bits per heavy atom. The number of anilines is 2. The van der Waals surface area contributed by atoms with Crippen molar-refractivity contribution in [1.82, 2.24) is 4.98 Å². The highest BCUT2D eigenvalue weighted by atomic mass is 15.2. The van der Waals surface area contributed by atoms with Crippen molar-refractivity contribution in [2.24, 2.45) is 4.99 Å². The van der Waals surface area contributed by atoms with Crippen LogP contribution in [0.2, 0.25) is 0 Å². The Balaban J connectivity index is 1.81. The van der Waals surface area contributed by atoms with Crippen molar-refractivity contribution in [3.63, 3.8) is 0 Å². The van der Waals surface area contributed by atoms with Crippen LogP contribution >= 0.6 is 0 Å². The van der Waals surface area contributed by atoms with Crippen LogP contribution in [-0.2, 0) is 6.42 Å².